The Morgan fingerprint density at radius 1 is 1.16 bits per heavy atom. The predicted octanol–water partition coefficient (Wildman–Crippen LogP) is 5.24. The molecule has 100 valence electrons. The van der Waals surface area contributed by atoms with Gasteiger partial charge in [0.15, 0.2) is 0 Å². The van der Waals surface area contributed by atoms with E-state index in [1.54, 1.807) is 6.20 Å². The first-order valence-electron chi connectivity index (χ1n) is 6.27. The summed E-state index contributed by atoms with van der Waals surface area (Å²) in [6.45, 7) is 8.55. The zero-order chi connectivity index (χ0) is 14.0. The molecule has 0 aliphatic heterocycles. The highest BCUT2D eigenvalue weighted by atomic mass is 79.9. The van der Waals surface area contributed by atoms with Crippen molar-refractivity contribution in [2.45, 2.75) is 33.1 Å². The molecule has 0 aliphatic rings. The van der Waals surface area contributed by atoms with E-state index in [9.17, 15) is 0 Å². The molecule has 1 aromatic carbocycles. The van der Waals surface area contributed by atoms with Gasteiger partial charge < -0.3 is 4.74 Å². The van der Waals surface area contributed by atoms with E-state index >= 15 is 0 Å². The Morgan fingerprint density at radius 3 is 2.47 bits per heavy atom. The van der Waals surface area contributed by atoms with E-state index in [1.165, 1.54) is 5.56 Å². The van der Waals surface area contributed by atoms with Crippen molar-refractivity contribution >= 4 is 15.9 Å². The van der Waals surface area contributed by atoms with Gasteiger partial charge >= 0.3 is 0 Å². The summed E-state index contributed by atoms with van der Waals surface area (Å²) in [4.78, 5) is 4.29. The number of hydrogen-bond acceptors (Lipinski definition) is 2. The van der Waals surface area contributed by atoms with Crippen LogP contribution in [0.3, 0.4) is 0 Å². The highest BCUT2D eigenvalue weighted by molar-refractivity contribution is 9.10. The van der Waals surface area contributed by atoms with Crippen molar-refractivity contribution < 1.29 is 4.74 Å². The zero-order valence-corrected chi connectivity index (χ0v) is 13.3. The third-order valence-electron chi connectivity index (χ3n) is 2.93. The number of rotatable bonds is 2. The second-order valence-electron chi connectivity index (χ2n) is 5.62. The number of hydrogen-bond donors (Lipinski definition) is 0. The maximum atomic E-state index is 5.94. The van der Waals surface area contributed by atoms with Crippen molar-refractivity contribution in [2.24, 2.45) is 0 Å². The van der Waals surface area contributed by atoms with Gasteiger partial charge in [-0.15, -0.1) is 0 Å². The largest absolute Gasteiger partial charge is 0.439 e. The quantitative estimate of drug-likeness (QED) is 0.754. The van der Waals surface area contributed by atoms with Crippen molar-refractivity contribution in [3.8, 4) is 11.6 Å². The van der Waals surface area contributed by atoms with Gasteiger partial charge in [0.1, 0.15) is 5.75 Å². The lowest BCUT2D eigenvalue weighted by atomic mass is 9.86. The van der Waals surface area contributed by atoms with E-state index in [-0.39, 0.29) is 5.41 Å². The number of nitrogens with zero attached hydrogens (tertiary/aromatic N) is 1. The molecule has 1 heterocycles. The van der Waals surface area contributed by atoms with Gasteiger partial charge in [0.25, 0.3) is 0 Å². The fraction of sp³-hybridized carbons (Fsp3) is 0.312. The lowest BCUT2D eigenvalue weighted by Crippen LogP contribution is -2.12. The molecule has 3 heteroatoms. The average Bonchev–Trinajstić information content (AvgIpc) is 2.33. The van der Waals surface area contributed by atoms with Crippen molar-refractivity contribution in [1.29, 1.82) is 0 Å². The van der Waals surface area contributed by atoms with Gasteiger partial charge in [-0.25, -0.2) is 4.98 Å². The Morgan fingerprint density at radius 2 is 1.84 bits per heavy atom. The average molecular weight is 320 g/mol. The number of benzene rings is 1. The SMILES string of the molecule is Cc1cc(Oc2ccccc2C(C)(C)C)ncc1Br. The Bertz CT molecular complexity index is 588. The van der Waals surface area contributed by atoms with Crippen LogP contribution < -0.4 is 4.74 Å². The summed E-state index contributed by atoms with van der Waals surface area (Å²) in [5, 5.41) is 0. The lowest BCUT2D eigenvalue weighted by Gasteiger charge is -2.22. The molecule has 0 unspecified atom stereocenters. The Labute approximate surface area is 123 Å². The summed E-state index contributed by atoms with van der Waals surface area (Å²) in [5.74, 6) is 1.49. The highest BCUT2D eigenvalue weighted by Gasteiger charge is 2.19. The molecule has 2 rings (SSSR count). The summed E-state index contributed by atoms with van der Waals surface area (Å²) < 4.78 is 6.93. The molecule has 19 heavy (non-hydrogen) atoms. The molecule has 0 saturated carbocycles. The van der Waals surface area contributed by atoms with E-state index in [0.717, 1.165) is 15.8 Å². The summed E-state index contributed by atoms with van der Waals surface area (Å²) >= 11 is 3.44. The Hall–Kier alpha value is -1.35. The monoisotopic (exact) mass is 319 g/mol. The molecule has 0 saturated heterocycles. The molecule has 0 N–H and O–H groups in total. The van der Waals surface area contributed by atoms with Crippen LogP contribution in [-0.4, -0.2) is 4.98 Å². The van der Waals surface area contributed by atoms with E-state index in [2.05, 4.69) is 47.8 Å². The third-order valence-corrected chi connectivity index (χ3v) is 3.76. The van der Waals surface area contributed by atoms with Crippen molar-refractivity contribution in [2.75, 3.05) is 0 Å². The van der Waals surface area contributed by atoms with Crippen LogP contribution in [0.5, 0.6) is 11.6 Å². The van der Waals surface area contributed by atoms with Gasteiger partial charge in [-0.05, 0) is 39.9 Å². The predicted molar refractivity (Wildman–Crippen MR) is 81.9 cm³/mol. The van der Waals surface area contributed by atoms with E-state index in [1.807, 2.05) is 31.2 Å². The van der Waals surface area contributed by atoms with E-state index < -0.39 is 0 Å². The molecule has 0 spiro atoms. The first-order chi connectivity index (χ1) is 8.88. The second-order valence-corrected chi connectivity index (χ2v) is 6.47. The maximum Gasteiger partial charge on any atom is 0.219 e. The Kier molecular flexibility index (Phi) is 3.95. The molecular formula is C16H18BrNO. The van der Waals surface area contributed by atoms with Gasteiger partial charge in [0.2, 0.25) is 5.88 Å². The van der Waals surface area contributed by atoms with Crippen LogP contribution in [0.4, 0.5) is 0 Å². The molecule has 0 aliphatic carbocycles. The first kappa shape index (κ1) is 14.1. The van der Waals surface area contributed by atoms with Crippen molar-refractivity contribution in [3.05, 3.63) is 52.1 Å². The minimum Gasteiger partial charge on any atom is -0.439 e. The van der Waals surface area contributed by atoms with Gasteiger partial charge in [-0.2, -0.15) is 0 Å². The fourth-order valence-corrected chi connectivity index (χ4v) is 2.07. The van der Waals surface area contributed by atoms with E-state index in [0.29, 0.717) is 5.88 Å². The number of aryl methyl sites for hydroxylation is 1. The van der Waals surface area contributed by atoms with Gasteiger partial charge in [0, 0.05) is 22.3 Å². The van der Waals surface area contributed by atoms with Crippen LogP contribution in [0, 0.1) is 6.92 Å². The van der Waals surface area contributed by atoms with Crippen LogP contribution in [0.1, 0.15) is 31.9 Å². The summed E-state index contributed by atoms with van der Waals surface area (Å²) in [7, 11) is 0. The normalized spacial score (nSPS) is 11.4. The van der Waals surface area contributed by atoms with E-state index in [4.69, 9.17) is 4.74 Å². The lowest BCUT2D eigenvalue weighted by molar-refractivity contribution is 0.439. The number of para-hydroxylation sites is 1. The summed E-state index contributed by atoms with van der Waals surface area (Å²) in [6, 6.07) is 10.0. The number of pyridine rings is 1. The smallest absolute Gasteiger partial charge is 0.219 e. The van der Waals surface area contributed by atoms with Gasteiger partial charge in [0.05, 0.1) is 0 Å². The van der Waals surface area contributed by atoms with Gasteiger partial charge in [-0.3, -0.25) is 0 Å². The first-order valence-corrected chi connectivity index (χ1v) is 7.07. The molecule has 0 atom stereocenters. The minimum absolute atomic E-state index is 0.0427. The number of aromatic nitrogens is 1. The molecule has 2 aromatic rings. The van der Waals surface area contributed by atoms with Crippen LogP contribution in [0.25, 0.3) is 0 Å². The molecule has 0 bridgehead atoms. The highest BCUT2D eigenvalue weighted by Crippen LogP contribution is 2.33. The Balaban J connectivity index is 2.36. The molecule has 0 radical (unpaired) electrons. The van der Waals surface area contributed by atoms with Crippen molar-refractivity contribution in [3.63, 3.8) is 0 Å². The maximum absolute atomic E-state index is 5.94. The molecule has 2 nitrogen and oxygen atoms in total. The van der Waals surface area contributed by atoms with Crippen molar-refractivity contribution in [1.82, 2.24) is 4.98 Å². The standard InChI is InChI=1S/C16H18BrNO/c1-11-9-15(18-10-13(11)17)19-14-8-6-5-7-12(14)16(2,3)4/h5-10H,1-4H3. The third kappa shape index (κ3) is 3.35. The minimum atomic E-state index is 0.0427. The number of halogens is 1. The second kappa shape index (κ2) is 5.33. The van der Waals surface area contributed by atoms with Gasteiger partial charge in [-0.1, -0.05) is 39.0 Å². The zero-order valence-electron chi connectivity index (χ0n) is 11.7. The van der Waals surface area contributed by atoms with Crippen LogP contribution in [-0.2, 0) is 5.41 Å². The molecular weight excluding hydrogens is 302 g/mol. The molecule has 0 fully saturated rings. The molecule has 1 aromatic heterocycles. The van der Waals surface area contributed by atoms with Crippen LogP contribution >= 0.6 is 15.9 Å². The van der Waals surface area contributed by atoms with Crippen LogP contribution in [0.15, 0.2) is 41.0 Å². The molecule has 0 amide bonds. The fourth-order valence-electron chi connectivity index (χ4n) is 1.86. The topological polar surface area (TPSA) is 22.1 Å². The summed E-state index contributed by atoms with van der Waals surface area (Å²) in [6.07, 6.45) is 1.77. The summed E-state index contributed by atoms with van der Waals surface area (Å²) in [5.41, 5.74) is 2.33. The number of ether oxygens (including phenoxy) is 1. The van der Waals surface area contributed by atoms with Crippen LogP contribution in [0.2, 0.25) is 0 Å².